The van der Waals surface area contributed by atoms with Gasteiger partial charge in [-0.25, -0.2) is 0 Å². The quantitative estimate of drug-likeness (QED) is 0.364. The molecule has 0 aliphatic carbocycles. The van der Waals surface area contributed by atoms with Crippen molar-refractivity contribution in [1.82, 2.24) is 0 Å². The second-order valence-corrected chi connectivity index (χ2v) is 7.51. The van der Waals surface area contributed by atoms with Crippen LogP contribution in [0.4, 0.5) is 11.4 Å². The number of nitrogens with zero attached hydrogens (tertiary/aromatic N) is 2. The summed E-state index contributed by atoms with van der Waals surface area (Å²) in [5.74, 6) is 1.67. The van der Waals surface area contributed by atoms with E-state index in [1.165, 1.54) is 44.1 Å². The minimum Gasteiger partial charge on any atom is -0.151 e. The average molecular weight is 351 g/mol. The zero-order valence-electron chi connectivity index (χ0n) is 16.7. The van der Waals surface area contributed by atoms with Gasteiger partial charge in [-0.05, 0) is 48.1 Å². The highest BCUT2D eigenvalue weighted by atomic mass is 15.1. The van der Waals surface area contributed by atoms with Gasteiger partial charge in [-0.3, -0.25) is 0 Å². The molecule has 26 heavy (non-hydrogen) atoms. The van der Waals surface area contributed by atoms with Gasteiger partial charge in [0.15, 0.2) is 0 Å². The molecule has 0 aromatic heterocycles. The first kappa shape index (κ1) is 20.4. The Hall–Kier alpha value is -1.96. The van der Waals surface area contributed by atoms with Gasteiger partial charge in [-0.1, -0.05) is 89.6 Å². The van der Waals surface area contributed by atoms with Crippen molar-refractivity contribution >= 4 is 11.4 Å². The predicted molar refractivity (Wildman–Crippen MR) is 112 cm³/mol. The van der Waals surface area contributed by atoms with Crippen molar-refractivity contribution in [2.45, 2.75) is 65.7 Å². The van der Waals surface area contributed by atoms with Crippen LogP contribution in [0.2, 0.25) is 0 Å². The topological polar surface area (TPSA) is 24.7 Å². The average Bonchev–Trinajstić information content (AvgIpc) is 2.67. The lowest BCUT2D eigenvalue weighted by Crippen LogP contribution is -2.03. The first-order chi connectivity index (χ1) is 12.7. The lowest BCUT2D eigenvalue weighted by molar-refractivity contribution is 0.388. The van der Waals surface area contributed by atoms with E-state index in [-0.39, 0.29) is 0 Å². The maximum Gasteiger partial charge on any atom is 0.0857 e. The van der Waals surface area contributed by atoms with Gasteiger partial charge in [0.05, 0.1) is 11.4 Å². The van der Waals surface area contributed by atoms with Crippen LogP contribution in [0.3, 0.4) is 0 Å². The summed E-state index contributed by atoms with van der Waals surface area (Å²) in [6.45, 7) is 7.01. The van der Waals surface area contributed by atoms with E-state index < -0.39 is 0 Å². The summed E-state index contributed by atoms with van der Waals surface area (Å²) < 4.78 is 0. The van der Waals surface area contributed by atoms with Gasteiger partial charge in [0, 0.05) is 0 Å². The summed E-state index contributed by atoms with van der Waals surface area (Å²) in [5.41, 5.74) is 3.20. The van der Waals surface area contributed by atoms with Crippen LogP contribution in [-0.4, -0.2) is 0 Å². The van der Waals surface area contributed by atoms with Gasteiger partial charge in [0.25, 0.3) is 0 Å². The van der Waals surface area contributed by atoms with Crippen molar-refractivity contribution in [3.8, 4) is 0 Å². The molecular formula is C24H34N2. The van der Waals surface area contributed by atoms with Crippen LogP contribution in [0.15, 0.2) is 64.8 Å². The van der Waals surface area contributed by atoms with Crippen LogP contribution in [0.25, 0.3) is 0 Å². The molecule has 0 fully saturated rings. The van der Waals surface area contributed by atoms with E-state index >= 15 is 0 Å². The largest absolute Gasteiger partial charge is 0.151 e. The molecular weight excluding hydrogens is 316 g/mol. The first-order valence-electron chi connectivity index (χ1n) is 10.3. The Morgan fingerprint density at radius 3 is 2.04 bits per heavy atom. The molecule has 0 spiro atoms. The van der Waals surface area contributed by atoms with E-state index in [0.29, 0.717) is 0 Å². The van der Waals surface area contributed by atoms with Crippen molar-refractivity contribution in [1.29, 1.82) is 0 Å². The molecule has 2 atom stereocenters. The van der Waals surface area contributed by atoms with E-state index in [0.717, 1.165) is 29.6 Å². The highest BCUT2D eigenvalue weighted by Crippen LogP contribution is 2.23. The molecule has 2 nitrogen and oxygen atoms in total. The summed E-state index contributed by atoms with van der Waals surface area (Å²) in [7, 11) is 0. The van der Waals surface area contributed by atoms with Crippen molar-refractivity contribution in [3.63, 3.8) is 0 Å². The first-order valence-corrected chi connectivity index (χ1v) is 10.3. The molecule has 2 aromatic rings. The molecule has 0 heterocycles. The molecule has 0 saturated carbocycles. The van der Waals surface area contributed by atoms with Crippen LogP contribution < -0.4 is 0 Å². The number of hydrogen-bond acceptors (Lipinski definition) is 2. The van der Waals surface area contributed by atoms with Crippen LogP contribution in [-0.2, 0) is 6.42 Å². The molecule has 0 amide bonds. The van der Waals surface area contributed by atoms with E-state index in [2.05, 4.69) is 55.3 Å². The van der Waals surface area contributed by atoms with Gasteiger partial charge in [-0.15, -0.1) is 0 Å². The minimum absolute atomic E-state index is 0.742. The third-order valence-electron chi connectivity index (χ3n) is 5.14. The number of benzene rings is 2. The number of hydrogen-bond donors (Lipinski definition) is 0. The Balaban J connectivity index is 1.76. The fourth-order valence-electron chi connectivity index (χ4n) is 3.53. The van der Waals surface area contributed by atoms with Gasteiger partial charge in [0.1, 0.15) is 0 Å². The Morgan fingerprint density at radius 2 is 1.42 bits per heavy atom. The molecule has 0 saturated heterocycles. The highest BCUT2D eigenvalue weighted by Gasteiger charge is 2.08. The third-order valence-corrected chi connectivity index (χ3v) is 5.14. The van der Waals surface area contributed by atoms with Crippen LogP contribution in [0, 0.1) is 11.8 Å². The fraction of sp³-hybridized carbons (Fsp3) is 0.500. The maximum absolute atomic E-state index is 4.32. The SMILES string of the molecule is CCCC(CC)CCCC(C)Cc1ccc(N=Nc2ccccc2)cc1. The molecule has 0 aliphatic heterocycles. The fourth-order valence-corrected chi connectivity index (χ4v) is 3.53. The Labute approximate surface area is 159 Å². The van der Waals surface area contributed by atoms with Crippen molar-refractivity contribution in [3.05, 3.63) is 60.2 Å². The summed E-state index contributed by atoms with van der Waals surface area (Å²) in [4.78, 5) is 0. The molecule has 140 valence electrons. The van der Waals surface area contributed by atoms with Crippen molar-refractivity contribution < 1.29 is 0 Å². The van der Waals surface area contributed by atoms with Gasteiger partial charge < -0.3 is 0 Å². The molecule has 0 radical (unpaired) electrons. The van der Waals surface area contributed by atoms with E-state index in [1.54, 1.807) is 0 Å². The monoisotopic (exact) mass is 350 g/mol. The zero-order chi connectivity index (χ0) is 18.6. The van der Waals surface area contributed by atoms with Crippen LogP contribution >= 0.6 is 0 Å². The van der Waals surface area contributed by atoms with E-state index in [9.17, 15) is 0 Å². The molecule has 0 bridgehead atoms. The molecule has 2 rings (SSSR count). The van der Waals surface area contributed by atoms with E-state index in [4.69, 9.17) is 0 Å². The smallest absolute Gasteiger partial charge is 0.0857 e. The lowest BCUT2D eigenvalue weighted by atomic mass is 9.90. The minimum atomic E-state index is 0.742. The van der Waals surface area contributed by atoms with Gasteiger partial charge in [-0.2, -0.15) is 10.2 Å². The summed E-state index contributed by atoms with van der Waals surface area (Å²) in [6, 6.07) is 18.4. The summed E-state index contributed by atoms with van der Waals surface area (Å²) in [5, 5.41) is 8.59. The lowest BCUT2D eigenvalue weighted by Gasteiger charge is -2.16. The second kappa shape index (κ2) is 11.6. The summed E-state index contributed by atoms with van der Waals surface area (Å²) >= 11 is 0. The zero-order valence-corrected chi connectivity index (χ0v) is 16.7. The number of azo groups is 1. The molecule has 2 heteroatoms. The molecule has 2 unspecified atom stereocenters. The van der Waals surface area contributed by atoms with Crippen molar-refractivity contribution in [2.24, 2.45) is 22.1 Å². The van der Waals surface area contributed by atoms with Crippen LogP contribution in [0.1, 0.15) is 64.9 Å². The second-order valence-electron chi connectivity index (χ2n) is 7.51. The van der Waals surface area contributed by atoms with Gasteiger partial charge in [0.2, 0.25) is 0 Å². The highest BCUT2D eigenvalue weighted by molar-refractivity contribution is 5.41. The Kier molecular flexibility index (Phi) is 9.09. The molecule has 2 aromatic carbocycles. The summed E-state index contributed by atoms with van der Waals surface area (Å²) in [6.07, 6.45) is 9.29. The Morgan fingerprint density at radius 1 is 0.769 bits per heavy atom. The molecule has 0 N–H and O–H groups in total. The predicted octanol–water partition coefficient (Wildman–Crippen LogP) is 8.28. The normalized spacial score (nSPS) is 13.8. The third kappa shape index (κ3) is 7.51. The standard InChI is InChI=1S/C24H34N2/c1-4-10-21(5-2)12-9-11-20(3)19-22-15-17-24(18-16-22)26-25-23-13-7-6-8-14-23/h6-8,13-18,20-21H,4-5,9-12,19H2,1-3H3. The Bertz CT molecular complexity index is 631. The van der Waals surface area contributed by atoms with E-state index in [1.807, 2.05) is 30.3 Å². The van der Waals surface area contributed by atoms with Gasteiger partial charge >= 0.3 is 0 Å². The number of rotatable bonds is 11. The van der Waals surface area contributed by atoms with Crippen molar-refractivity contribution in [2.75, 3.05) is 0 Å². The maximum atomic E-state index is 4.32. The molecule has 0 aliphatic rings. The van der Waals surface area contributed by atoms with Crippen LogP contribution in [0.5, 0.6) is 0 Å².